The molecule has 0 atom stereocenters. The molecule has 3 aromatic carbocycles. The highest BCUT2D eigenvalue weighted by atomic mass is 19.1. The topological polar surface area (TPSA) is 52.1 Å². The molecule has 0 bridgehead atoms. The van der Waals surface area contributed by atoms with Gasteiger partial charge < -0.3 is 10.1 Å². The van der Waals surface area contributed by atoms with E-state index in [1.165, 1.54) is 17.7 Å². The molecule has 0 saturated carbocycles. The van der Waals surface area contributed by atoms with Gasteiger partial charge in [0.05, 0.1) is 11.0 Å². The molecular formula is C26H26FN3O. The van der Waals surface area contributed by atoms with Gasteiger partial charge in [-0.25, -0.2) is 9.37 Å². The molecule has 158 valence electrons. The maximum absolute atomic E-state index is 13.5. The summed E-state index contributed by atoms with van der Waals surface area (Å²) in [6, 6.07) is 21.6. The Morgan fingerprint density at radius 3 is 2.48 bits per heavy atom. The minimum atomic E-state index is -0.269. The van der Waals surface area contributed by atoms with Crippen molar-refractivity contribution in [3.05, 3.63) is 78.1 Å². The average Bonchev–Trinajstić information content (AvgIpc) is 3.23. The highest BCUT2D eigenvalue weighted by molar-refractivity contribution is 5.80. The number of piperidine rings is 1. The lowest BCUT2D eigenvalue weighted by molar-refractivity contribution is 0.127. The molecule has 1 aliphatic rings. The van der Waals surface area contributed by atoms with Crippen molar-refractivity contribution in [2.24, 2.45) is 5.92 Å². The van der Waals surface area contributed by atoms with E-state index >= 15 is 0 Å². The number of H-pyrrole nitrogens is 1. The van der Waals surface area contributed by atoms with E-state index in [0.717, 1.165) is 60.5 Å². The zero-order valence-electron chi connectivity index (χ0n) is 17.4. The number of hydrogen-bond acceptors (Lipinski definition) is 3. The zero-order chi connectivity index (χ0) is 21.2. The molecule has 0 radical (unpaired) electrons. The van der Waals surface area contributed by atoms with Crippen molar-refractivity contribution >= 4 is 11.0 Å². The number of nitrogens with one attached hydrogen (secondary N) is 1. The van der Waals surface area contributed by atoms with E-state index in [9.17, 15) is 9.50 Å². The van der Waals surface area contributed by atoms with Crippen LogP contribution in [0.3, 0.4) is 0 Å². The molecule has 31 heavy (non-hydrogen) atoms. The largest absolute Gasteiger partial charge is 0.396 e. The molecule has 0 aliphatic carbocycles. The van der Waals surface area contributed by atoms with Crippen molar-refractivity contribution in [2.75, 3.05) is 19.7 Å². The van der Waals surface area contributed by atoms with Gasteiger partial charge in [0.25, 0.3) is 0 Å². The van der Waals surface area contributed by atoms with Crippen molar-refractivity contribution < 1.29 is 9.50 Å². The number of aromatic amines is 1. The molecule has 5 heteroatoms. The van der Waals surface area contributed by atoms with Gasteiger partial charge in [-0.3, -0.25) is 4.90 Å². The van der Waals surface area contributed by atoms with Crippen LogP contribution in [-0.2, 0) is 6.54 Å². The Labute approximate surface area is 181 Å². The maximum Gasteiger partial charge on any atom is 0.138 e. The van der Waals surface area contributed by atoms with Crippen LogP contribution in [0.15, 0.2) is 66.7 Å². The Balaban J connectivity index is 1.32. The first kappa shape index (κ1) is 19.9. The number of aliphatic hydroxyl groups excluding tert-OH is 1. The summed E-state index contributed by atoms with van der Waals surface area (Å²) >= 11 is 0. The van der Waals surface area contributed by atoms with Gasteiger partial charge in [-0.05, 0) is 72.8 Å². The van der Waals surface area contributed by atoms with Gasteiger partial charge in [-0.1, -0.05) is 42.5 Å². The fourth-order valence-corrected chi connectivity index (χ4v) is 4.35. The number of rotatable bonds is 5. The molecule has 4 nitrogen and oxygen atoms in total. The van der Waals surface area contributed by atoms with Crippen LogP contribution in [0.2, 0.25) is 0 Å². The molecule has 0 amide bonds. The fourth-order valence-electron chi connectivity index (χ4n) is 4.35. The van der Waals surface area contributed by atoms with Crippen LogP contribution in [0.4, 0.5) is 4.39 Å². The first-order valence-electron chi connectivity index (χ1n) is 10.9. The number of aliphatic hydroxyl groups is 1. The van der Waals surface area contributed by atoms with Crippen LogP contribution in [-0.4, -0.2) is 39.7 Å². The van der Waals surface area contributed by atoms with E-state index in [0.29, 0.717) is 18.0 Å². The second-order valence-electron chi connectivity index (χ2n) is 8.43. The van der Waals surface area contributed by atoms with E-state index in [2.05, 4.69) is 51.3 Å². The molecule has 1 saturated heterocycles. The van der Waals surface area contributed by atoms with Crippen molar-refractivity contribution in [1.82, 2.24) is 14.9 Å². The zero-order valence-corrected chi connectivity index (χ0v) is 17.4. The van der Waals surface area contributed by atoms with Gasteiger partial charge in [0.1, 0.15) is 11.6 Å². The SMILES string of the molecule is OCC1CCN(Cc2ccc(-c3cccc(-c4nc5ccc(F)cc5[nH]4)c3)cc2)CC1. The van der Waals surface area contributed by atoms with Gasteiger partial charge in [0.15, 0.2) is 0 Å². The summed E-state index contributed by atoms with van der Waals surface area (Å²) in [5.74, 6) is 0.941. The predicted molar refractivity (Wildman–Crippen MR) is 122 cm³/mol. The molecule has 1 aromatic heterocycles. The molecule has 5 rings (SSSR count). The molecule has 0 unspecified atom stereocenters. The minimum absolute atomic E-state index is 0.269. The molecule has 4 aromatic rings. The first-order valence-corrected chi connectivity index (χ1v) is 10.9. The summed E-state index contributed by atoms with van der Waals surface area (Å²) in [7, 11) is 0. The van der Waals surface area contributed by atoms with E-state index in [-0.39, 0.29) is 5.82 Å². The van der Waals surface area contributed by atoms with Gasteiger partial charge >= 0.3 is 0 Å². The van der Waals surface area contributed by atoms with E-state index in [1.54, 1.807) is 6.07 Å². The lowest BCUT2D eigenvalue weighted by Crippen LogP contribution is -2.34. The van der Waals surface area contributed by atoms with Crippen molar-refractivity contribution in [1.29, 1.82) is 0 Å². The Hall–Kier alpha value is -3.02. The number of aromatic nitrogens is 2. The lowest BCUT2D eigenvalue weighted by atomic mass is 9.97. The van der Waals surface area contributed by atoms with E-state index in [1.807, 2.05) is 12.1 Å². The normalized spacial score (nSPS) is 15.5. The number of hydrogen-bond donors (Lipinski definition) is 2. The summed E-state index contributed by atoms with van der Waals surface area (Å²) in [6.45, 7) is 3.37. The number of fused-ring (bicyclic) bond motifs is 1. The third-order valence-electron chi connectivity index (χ3n) is 6.24. The van der Waals surface area contributed by atoms with Gasteiger partial charge in [-0.15, -0.1) is 0 Å². The standard InChI is InChI=1S/C26H26FN3O/c27-23-8-9-24-25(15-23)29-26(28-24)22-3-1-2-21(14-22)20-6-4-18(5-7-20)16-30-12-10-19(17-31)11-13-30/h1-9,14-15,19,31H,10-13,16-17H2,(H,28,29). The highest BCUT2D eigenvalue weighted by Crippen LogP contribution is 2.27. The number of imidazole rings is 1. The Kier molecular flexibility index (Phi) is 5.53. The predicted octanol–water partition coefficient (Wildman–Crippen LogP) is 5.24. The van der Waals surface area contributed by atoms with Gasteiger partial charge in [-0.2, -0.15) is 0 Å². The number of nitrogens with zero attached hydrogens (tertiary/aromatic N) is 2. The van der Waals surface area contributed by atoms with Crippen molar-refractivity contribution in [3.8, 4) is 22.5 Å². The fraction of sp³-hybridized carbons (Fsp3) is 0.269. The second kappa shape index (κ2) is 8.61. The molecule has 2 heterocycles. The minimum Gasteiger partial charge on any atom is -0.396 e. The highest BCUT2D eigenvalue weighted by Gasteiger charge is 2.18. The van der Waals surface area contributed by atoms with Crippen LogP contribution in [0.25, 0.3) is 33.5 Å². The van der Waals surface area contributed by atoms with Crippen LogP contribution in [0.5, 0.6) is 0 Å². The third kappa shape index (κ3) is 4.38. The van der Waals surface area contributed by atoms with Gasteiger partial charge in [0.2, 0.25) is 0 Å². The summed E-state index contributed by atoms with van der Waals surface area (Å²) in [5.41, 5.74) is 6.03. The molecule has 0 spiro atoms. The summed E-state index contributed by atoms with van der Waals surface area (Å²) in [5, 5.41) is 9.31. The van der Waals surface area contributed by atoms with Crippen LogP contribution < -0.4 is 0 Å². The number of likely N-dealkylation sites (tertiary alicyclic amines) is 1. The quantitative estimate of drug-likeness (QED) is 0.469. The number of halogens is 1. The Morgan fingerprint density at radius 2 is 1.71 bits per heavy atom. The Bertz CT molecular complexity index is 1180. The van der Waals surface area contributed by atoms with Crippen molar-refractivity contribution in [3.63, 3.8) is 0 Å². The summed E-state index contributed by atoms with van der Waals surface area (Å²) in [6.07, 6.45) is 2.16. The maximum atomic E-state index is 13.5. The van der Waals surface area contributed by atoms with Crippen LogP contribution in [0.1, 0.15) is 18.4 Å². The smallest absolute Gasteiger partial charge is 0.138 e. The Morgan fingerprint density at radius 1 is 0.935 bits per heavy atom. The number of benzene rings is 3. The van der Waals surface area contributed by atoms with Crippen LogP contribution in [0, 0.1) is 11.7 Å². The van der Waals surface area contributed by atoms with E-state index in [4.69, 9.17) is 0 Å². The van der Waals surface area contributed by atoms with Gasteiger partial charge in [0, 0.05) is 18.7 Å². The molecule has 2 N–H and O–H groups in total. The summed E-state index contributed by atoms with van der Waals surface area (Å²) < 4.78 is 13.5. The molecule has 1 fully saturated rings. The molecular weight excluding hydrogens is 389 g/mol. The lowest BCUT2D eigenvalue weighted by Gasteiger charge is -2.31. The molecule has 1 aliphatic heterocycles. The first-order chi connectivity index (χ1) is 15.2. The average molecular weight is 416 g/mol. The third-order valence-corrected chi connectivity index (χ3v) is 6.24. The van der Waals surface area contributed by atoms with E-state index < -0.39 is 0 Å². The monoisotopic (exact) mass is 415 g/mol. The summed E-state index contributed by atoms with van der Waals surface area (Å²) in [4.78, 5) is 10.3. The van der Waals surface area contributed by atoms with Crippen molar-refractivity contribution in [2.45, 2.75) is 19.4 Å². The van der Waals surface area contributed by atoms with Crippen LogP contribution >= 0.6 is 0 Å². The second-order valence-corrected chi connectivity index (χ2v) is 8.43.